The van der Waals surface area contributed by atoms with Crippen molar-refractivity contribution in [3.8, 4) is 6.07 Å². The molecule has 0 heterocycles. The zero-order valence-electron chi connectivity index (χ0n) is 13.9. The van der Waals surface area contributed by atoms with Crippen LogP contribution >= 0.6 is 0 Å². The first-order valence-electron chi connectivity index (χ1n) is 8.59. The normalized spacial score (nSPS) is 31.9. The van der Waals surface area contributed by atoms with Crippen LogP contribution in [0.5, 0.6) is 0 Å². The Balaban J connectivity index is 2.04. The number of nitrogens with zero attached hydrogens (tertiary/aromatic N) is 2. The van der Waals surface area contributed by atoms with Gasteiger partial charge in [-0.05, 0) is 55.9 Å². The Morgan fingerprint density at radius 1 is 1.15 bits per heavy atom. The lowest BCUT2D eigenvalue weighted by Gasteiger charge is -2.45. The molecule has 0 bridgehead atoms. The zero-order chi connectivity index (χ0) is 14.8. The highest BCUT2D eigenvalue weighted by Crippen LogP contribution is 2.42. The summed E-state index contributed by atoms with van der Waals surface area (Å²) in [5, 5.41) is 9.52. The van der Waals surface area contributed by atoms with E-state index in [1.54, 1.807) is 0 Å². The summed E-state index contributed by atoms with van der Waals surface area (Å²) in [5.41, 5.74) is 0.383. The molecule has 2 heteroatoms. The fourth-order valence-electron chi connectivity index (χ4n) is 3.99. The lowest BCUT2D eigenvalue weighted by Crippen LogP contribution is -2.48. The Morgan fingerprint density at radius 2 is 1.85 bits per heavy atom. The van der Waals surface area contributed by atoms with Gasteiger partial charge in [-0.2, -0.15) is 5.26 Å². The highest BCUT2D eigenvalue weighted by Gasteiger charge is 2.39. The van der Waals surface area contributed by atoms with Crippen molar-refractivity contribution in [2.45, 2.75) is 72.3 Å². The van der Waals surface area contributed by atoms with Gasteiger partial charge >= 0.3 is 0 Å². The molecular weight excluding hydrogens is 244 g/mol. The van der Waals surface area contributed by atoms with Gasteiger partial charge in [0, 0.05) is 12.6 Å². The van der Waals surface area contributed by atoms with Gasteiger partial charge in [0.25, 0.3) is 0 Å². The van der Waals surface area contributed by atoms with E-state index in [9.17, 15) is 5.26 Å². The van der Waals surface area contributed by atoms with Crippen molar-refractivity contribution in [2.75, 3.05) is 13.1 Å². The van der Waals surface area contributed by atoms with Crippen molar-refractivity contribution in [2.24, 2.45) is 23.2 Å². The summed E-state index contributed by atoms with van der Waals surface area (Å²) in [7, 11) is 0. The lowest BCUT2D eigenvalue weighted by molar-refractivity contribution is 0.0448. The monoisotopic (exact) mass is 276 g/mol. The van der Waals surface area contributed by atoms with Crippen molar-refractivity contribution in [3.63, 3.8) is 0 Å². The number of hydrogen-bond acceptors (Lipinski definition) is 2. The van der Waals surface area contributed by atoms with Gasteiger partial charge in [0.1, 0.15) is 0 Å². The van der Waals surface area contributed by atoms with E-state index in [1.807, 2.05) is 0 Å². The van der Waals surface area contributed by atoms with Crippen LogP contribution in [0.3, 0.4) is 0 Å². The first-order chi connectivity index (χ1) is 9.45. The highest BCUT2D eigenvalue weighted by molar-refractivity contribution is 4.99. The summed E-state index contributed by atoms with van der Waals surface area (Å²) in [5.74, 6) is 1.94. The minimum absolute atomic E-state index is 0.258. The summed E-state index contributed by atoms with van der Waals surface area (Å²) >= 11 is 0. The molecule has 0 aliphatic heterocycles. The molecule has 2 nitrogen and oxygen atoms in total. The molecule has 2 fully saturated rings. The molecule has 0 radical (unpaired) electrons. The predicted molar refractivity (Wildman–Crippen MR) is 84.3 cm³/mol. The second-order valence-corrected chi connectivity index (χ2v) is 8.06. The van der Waals surface area contributed by atoms with E-state index in [1.165, 1.54) is 38.6 Å². The molecular formula is C18H32N2. The molecule has 0 N–H and O–H groups in total. The molecule has 3 unspecified atom stereocenters. The standard InChI is InChI=1S/C18H32N2/c1-5-20(13-14-7-6-8-14)17-11-16(18(2,3)4)10-9-15(17)12-19/h14-17H,5-11,13H2,1-4H3. The Bertz CT molecular complexity index is 345. The quantitative estimate of drug-likeness (QED) is 0.758. The molecule has 0 amide bonds. The molecule has 2 aliphatic rings. The first-order valence-corrected chi connectivity index (χ1v) is 8.59. The van der Waals surface area contributed by atoms with Gasteiger partial charge in [0.15, 0.2) is 0 Å². The number of rotatable bonds is 4. The summed E-state index contributed by atoms with van der Waals surface area (Å²) < 4.78 is 0. The molecule has 2 aliphatic carbocycles. The molecule has 0 saturated heterocycles. The van der Waals surface area contributed by atoms with Gasteiger partial charge in [-0.1, -0.05) is 34.1 Å². The second kappa shape index (κ2) is 6.48. The molecule has 0 aromatic carbocycles. The van der Waals surface area contributed by atoms with Crippen molar-refractivity contribution in [1.82, 2.24) is 4.90 Å². The van der Waals surface area contributed by atoms with Gasteiger partial charge in [0.05, 0.1) is 12.0 Å². The van der Waals surface area contributed by atoms with Gasteiger partial charge in [-0.3, -0.25) is 4.90 Å². The third-order valence-corrected chi connectivity index (χ3v) is 5.80. The maximum absolute atomic E-state index is 9.52. The average Bonchev–Trinajstić information content (AvgIpc) is 2.36. The molecule has 2 rings (SSSR count). The highest BCUT2D eigenvalue weighted by atomic mass is 15.2. The summed E-state index contributed by atoms with van der Waals surface area (Å²) in [6.45, 7) is 11.7. The molecule has 0 spiro atoms. The molecule has 114 valence electrons. The van der Waals surface area contributed by atoms with Crippen LogP contribution in [-0.2, 0) is 0 Å². The van der Waals surface area contributed by atoms with Crippen LogP contribution in [-0.4, -0.2) is 24.0 Å². The van der Waals surface area contributed by atoms with Crippen LogP contribution in [0.15, 0.2) is 0 Å². The van der Waals surface area contributed by atoms with Crippen LogP contribution in [0.4, 0.5) is 0 Å². The second-order valence-electron chi connectivity index (χ2n) is 8.06. The van der Waals surface area contributed by atoms with E-state index in [0.717, 1.165) is 24.8 Å². The van der Waals surface area contributed by atoms with Crippen LogP contribution in [0, 0.1) is 34.5 Å². The van der Waals surface area contributed by atoms with E-state index in [-0.39, 0.29) is 5.92 Å². The first kappa shape index (κ1) is 15.8. The van der Waals surface area contributed by atoms with Gasteiger partial charge in [-0.15, -0.1) is 0 Å². The molecule has 2 saturated carbocycles. The minimum Gasteiger partial charge on any atom is -0.299 e. The maximum Gasteiger partial charge on any atom is 0.0672 e. The number of nitriles is 1. The van der Waals surface area contributed by atoms with Crippen molar-refractivity contribution in [1.29, 1.82) is 5.26 Å². The molecule has 3 atom stereocenters. The summed E-state index contributed by atoms with van der Waals surface area (Å²) in [6.07, 6.45) is 7.79. The molecule has 0 aromatic rings. The predicted octanol–water partition coefficient (Wildman–Crippen LogP) is 4.46. The van der Waals surface area contributed by atoms with E-state index in [4.69, 9.17) is 0 Å². The fourth-order valence-corrected chi connectivity index (χ4v) is 3.99. The van der Waals surface area contributed by atoms with E-state index < -0.39 is 0 Å². The van der Waals surface area contributed by atoms with E-state index in [0.29, 0.717) is 11.5 Å². The minimum atomic E-state index is 0.258. The smallest absolute Gasteiger partial charge is 0.0672 e. The van der Waals surface area contributed by atoms with Crippen LogP contribution in [0.1, 0.15) is 66.2 Å². The van der Waals surface area contributed by atoms with E-state index in [2.05, 4.69) is 38.7 Å². The lowest BCUT2D eigenvalue weighted by atomic mass is 9.67. The van der Waals surface area contributed by atoms with E-state index >= 15 is 0 Å². The maximum atomic E-state index is 9.52. The Morgan fingerprint density at radius 3 is 2.30 bits per heavy atom. The Hall–Kier alpha value is -0.550. The van der Waals surface area contributed by atoms with Crippen LogP contribution in [0.25, 0.3) is 0 Å². The molecule has 20 heavy (non-hydrogen) atoms. The SMILES string of the molecule is CCN(CC1CCC1)C1CC(C(C)(C)C)CCC1C#N. The third-order valence-electron chi connectivity index (χ3n) is 5.80. The van der Waals surface area contributed by atoms with Gasteiger partial charge in [-0.25, -0.2) is 0 Å². The average molecular weight is 276 g/mol. The van der Waals surface area contributed by atoms with Crippen LogP contribution in [0.2, 0.25) is 0 Å². The van der Waals surface area contributed by atoms with Crippen LogP contribution < -0.4 is 0 Å². The molecule has 0 aromatic heterocycles. The zero-order valence-corrected chi connectivity index (χ0v) is 13.9. The largest absolute Gasteiger partial charge is 0.299 e. The third kappa shape index (κ3) is 3.55. The topological polar surface area (TPSA) is 27.0 Å². The summed E-state index contributed by atoms with van der Waals surface area (Å²) in [4.78, 5) is 2.63. The Kier molecular flexibility index (Phi) is 5.13. The summed E-state index contributed by atoms with van der Waals surface area (Å²) in [6, 6.07) is 3.11. The number of hydrogen-bond donors (Lipinski definition) is 0. The van der Waals surface area contributed by atoms with Gasteiger partial charge in [0.2, 0.25) is 0 Å². The fraction of sp³-hybridized carbons (Fsp3) is 0.944. The Labute approximate surface area is 125 Å². The van der Waals surface area contributed by atoms with Crippen molar-refractivity contribution in [3.05, 3.63) is 0 Å². The van der Waals surface area contributed by atoms with Crippen molar-refractivity contribution < 1.29 is 0 Å². The van der Waals surface area contributed by atoms with Crippen molar-refractivity contribution >= 4 is 0 Å². The van der Waals surface area contributed by atoms with Gasteiger partial charge < -0.3 is 0 Å².